The first-order valence-corrected chi connectivity index (χ1v) is 11.7. The minimum absolute atomic E-state index is 0.00148. The molecule has 180 valence electrons. The number of rotatable bonds is 11. The average molecular weight is 492 g/mol. The van der Waals surface area contributed by atoms with E-state index in [0.717, 1.165) is 18.2 Å². The summed E-state index contributed by atoms with van der Waals surface area (Å²) in [6.07, 6.45) is 2.34. The van der Waals surface area contributed by atoms with Gasteiger partial charge < -0.3 is 15.8 Å². The van der Waals surface area contributed by atoms with E-state index in [1.807, 2.05) is 0 Å². The number of methoxy groups -OCH3 is 1. The second kappa shape index (κ2) is 11.0. The van der Waals surface area contributed by atoms with Gasteiger partial charge in [-0.3, -0.25) is 4.79 Å². The second-order valence-electron chi connectivity index (χ2n) is 7.15. The zero-order valence-corrected chi connectivity index (χ0v) is 19.0. The van der Waals surface area contributed by atoms with E-state index < -0.39 is 27.4 Å². The summed E-state index contributed by atoms with van der Waals surface area (Å²) in [5, 5.41) is 2.94. The van der Waals surface area contributed by atoms with Crippen LogP contribution in [0.2, 0.25) is 0 Å². The van der Waals surface area contributed by atoms with Crippen LogP contribution in [-0.2, 0) is 10.0 Å². The number of nitrogens with zero attached hydrogens (tertiary/aromatic N) is 2. The fourth-order valence-corrected chi connectivity index (χ4v) is 4.09. The molecular weight excluding hydrogens is 468 g/mol. The first kappa shape index (κ1) is 25.0. The van der Waals surface area contributed by atoms with Crippen LogP contribution in [0.3, 0.4) is 0 Å². The highest BCUT2D eigenvalue weighted by molar-refractivity contribution is 7.89. The van der Waals surface area contributed by atoms with E-state index in [1.165, 1.54) is 37.6 Å². The van der Waals surface area contributed by atoms with Crippen LogP contribution in [0.25, 0.3) is 0 Å². The van der Waals surface area contributed by atoms with Gasteiger partial charge in [0.1, 0.15) is 23.2 Å². The third kappa shape index (κ3) is 6.23. The van der Waals surface area contributed by atoms with Gasteiger partial charge in [0.2, 0.25) is 21.8 Å². The number of nitrogens with one attached hydrogen (secondary N) is 2. The van der Waals surface area contributed by atoms with Crippen molar-refractivity contribution in [3.05, 3.63) is 71.4 Å². The Morgan fingerprint density at radius 2 is 1.71 bits per heavy atom. The predicted octanol–water partition coefficient (Wildman–Crippen LogP) is 2.75. The Hall–Kier alpha value is -3.64. The van der Waals surface area contributed by atoms with Gasteiger partial charge in [-0.25, -0.2) is 26.9 Å². The SMILES string of the molecule is COc1ccc(F)cc1C(=O)c1cnc(NCCCCNS(=O)(=O)c2ccc(F)cc2)nc1N. The topological polar surface area (TPSA) is 136 Å². The van der Waals surface area contributed by atoms with Crippen molar-refractivity contribution in [1.82, 2.24) is 14.7 Å². The van der Waals surface area contributed by atoms with Crippen molar-refractivity contribution in [2.45, 2.75) is 17.7 Å². The number of carbonyl (C=O) groups excluding carboxylic acids is 1. The number of aromatic nitrogens is 2. The molecule has 0 spiro atoms. The lowest BCUT2D eigenvalue weighted by Crippen LogP contribution is -2.25. The van der Waals surface area contributed by atoms with Crippen LogP contribution in [0.4, 0.5) is 20.5 Å². The lowest BCUT2D eigenvalue weighted by atomic mass is 10.0. The molecule has 1 heterocycles. The highest BCUT2D eigenvalue weighted by atomic mass is 32.2. The molecule has 0 atom stereocenters. The monoisotopic (exact) mass is 491 g/mol. The zero-order valence-electron chi connectivity index (χ0n) is 18.2. The fraction of sp³-hybridized carbons (Fsp3) is 0.227. The molecule has 2 aromatic carbocycles. The summed E-state index contributed by atoms with van der Waals surface area (Å²) in [5.74, 6) is -1.38. The van der Waals surface area contributed by atoms with E-state index in [2.05, 4.69) is 20.0 Å². The molecule has 9 nitrogen and oxygen atoms in total. The van der Waals surface area contributed by atoms with Crippen molar-refractivity contribution in [2.24, 2.45) is 0 Å². The Balaban J connectivity index is 1.50. The number of hydrogen-bond acceptors (Lipinski definition) is 8. The molecule has 3 aromatic rings. The number of unbranched alkanes of at least 4 members (excludes halogenated alkanes) is 1. The van der Waals surface area contributed by atoms with Crippen LogP contribution in [0.5, 0.6) is 5.75 Å². The third-order valence-electron chi connectivity index (χ3n) is 4.77. The first-order valence-electron chi connectivity index (χ1n) is 10.2. The van der Waals surface area contributed by atoms with Gasteiger partial charge in [0.05, 0.1) is 23.1 Å². The summed E-state index contributed by atoms with van der Waals surface area (Å²) in [4.78, 5) is 20.9. The molecule has 0 radical (unpaired) electrons. The van der Waals surface area contributed by atoms with Gasteiger partial charge in [0, 0.05) is 19.3 Å². The Kier molecular flexibility index (Phi) is 8.08. The number of halogens is 2. The molecule has 12 heteroatoms. The number of ketones is 1. The lowest BCUT2D eigenvalue weighted by molar-refractivity contribution is 0.103. The number of ether oxygens (including phenoxy) is 1. The second-order valence-corrected chi connectivity index (χ2v) is 8.92. The van der Waals surface area contributed by atoms with Crippen LogP contribution in [0, 0.1) is 11.6 Å². The van der Waals surface area contributed by atoms with Crippen LogP contribution in [0.15, 0.2) is 53.6 Å². The molecule has 4 N–H and O–H groups in total. The number of benzene rings is 2. The van der Waals surface area contributed by atoms with Crippen molar-refractivity contribution < 1.29 is 26.7 Å². The largest absolute Gasteiger partial charge is 0.496 e. The summed E-state index contributed by atoms with van der Waals surface area (Å²) in [6, 6.07) is 8.12. The van der Waals surface area contributed by atoms with Gasteiger partial charge in [0.15, 0.2) is 0 Å². The smallest absolute Gasteiger partial charge is 0.240 e. The summed E-state index contributed by atoms with van der Waals surface area (Å²) >= 11 is 0. The normalized spacial score (nSPS) is 11.3. The molecule has 0 amide bonds. The molecule has 1 aromatic heterocycles. The third-order valence-corrected chi connectivity index (χ3v) is 6.25. The summed E-state index contributed by atoms with van der Waals surface area (Å²) in [7, 11) is -2.34. The first-order chi connectivity index (χ1) is 16.2. The Bertz CT molecular complexity index is 1270. The van der Waals surface area contributed by atoms with Crippen molar-refractivity contribution in [3.63, 3.8) is 0 Å². The fourth-order valence-electron chi connectivity index (χ4n) is 3.01. The predicted molar refractivity (Wildman–Crippen MR) is 122 cm³/mol. The quantitative estimate of drug-likeness (QED) is 0.275. The van der Waals surface area contributed by atoms with Gasteiger partial charge in [-0.15, -0.1) is 0 Å². The van der Waals surface area contributed by atoms with Gasteiger partial charge in [-0.1, -0.05) is 0 Å². The van der Waals surface area contributed by atoms with Gasteiger partial charge in [-0.05, 0) is 55.3 Å². The molecule has 0 aliphatic carbocycles. The zero-order chi connectivity index (χ0) is 24.7. The Morgan fingerprint density at radius 3 is 2.38 bits per heavy atom. The van der Waals surface area contributed by atoms with E-state index in [4.69, 9.17) is 10.5 Å². The molecule has 0 bridgehead atoms. The summed E-state index contributed by atoms with van der Waals surface area (Å²) in [5.41, 5.74) is 5.91. The van der Waals surface area contributed by atoms with Crippen LogP contribution in [-0.4, -0.2) is 44.4 Å². The highest BCUT2D eigenvalue weighted by Gasteiger charge is 2.19. The number of nitrogen functional groups attached to an aromatic ring is 1. The number of nitrogens with two attached hydrogens (primary N) is 1. The number of hydrogen-bond donors (Lipinski definition) is 3. The maximum Gasteiger partial charge on any atom is 0.240 e. The van der Waals surface area contributed by atoms with E-state index in [1.54, 1.807) is 0 Å². The molecule has 0 unspecified atom stereocenters. The van der Waals surface area contributed by atoms with Gasteiger partial charge >= 0.3 is 0 Å². The number of sulfonamides is 1. The molecule has 0 aliphatic heterocycles. The van der Waals surface area contributed by atoms with E-state index in [0.29, 0.717) is 19.4 Å². The lowest BCUT2D eigenvalue weighted by Gasteiger charge is -2.10. The standard InChI is InChI=1S/C22H23F2N5O4S/c1-33-19-9-6-15(24)12-17(19)20(30)18-13-27-22(29-21(18)25)26-10-2-3-11-28-34(31,32)16-7-4-14(23)5-8-16/h4-9,12-13,28H,2-3,10-11H2,1H3,(H3,25,26,27,29). The van der Waals surface area contributed by atoms with E-state index >= 15 is 0 Å². The van der Waals surface area contributed by atoms with Crippen LogP contribution < -0.4 is 20.5 Å². The van der Waals surface area contributed by atoms with Crippen molar-refractivity contribution in [1.29, 1.82) is 0 Å². The molecular formula is C22H23F2N5O4S. The van der Waals surface area contributed by atoms with Crippen LogP contribution >= 0.6 is 0 Å². The molecule has 0 aliphatic rings. The molecule has 34 heavy (non-hydrogen) atoms. The number of carbonyl (C=O) groups is 1. The maximum atomic E-state index is 13.6. The average Bonchev–Trinajstić information content (AvgIpc) is 2.81. The van der Waals surface area contributed by atoms with E-state index in [9.17, 15) is 22.0 Å². The van der Waals surface area contributed by atoms with Crippen molar-refractivity contribution in [2.75, 3.05) is 31.2 Å². The molecule has 0 fully saturated rings. The Labute approximate surface area is 195 Å². The minimum Gasteiger partial charge on any atom is -0.496 e. The van der Waals surface area contributed by atoms with E-state index in [-0.39, 0.29) is 40.1 Å². The number of anilines is 2. The van der Waals surface area contributed by atoms with Crippen LogP contribution in [0.1, 0.15) is 28.8 Å². The maximum absolute atomic E-state index is 13.6. The van der Waals surface area contributed by atoms with Gasteiger partial charge in [-0.2, -0.15) is 4.98 Å². The van der Waals surface area contributed by atoms with Crippen molar-refractivity contribution in [3.8, 4) is 5.75 Å². The summed E-state index contributed by atoms with van der Waals surface area (Å²) in [6.45, 7) is 0.607. The van der Waals surface area contributed by atoms with Crippen molar-refractivity contribution >= 4 is 27.6 Å². The minimum atomic E-state index is -3.71. The highest BCUT2D eigenvalue weighted by Crippen LogP contribution is 2.24. The molecule has 0 saturated carbocycles. The van der Waals surface area contributed by atoms with Gasteiger partial charge in [0.25, 0.3) is 0 Å². The summed E-state index contributed by atoms with van der Waals surface area (Å²) < 4.78 is 58.4. The Morgan fingerprint density at radius 1 is 1.03 bits per heavy atom. The molecule has 0 saturated heterocycles. The molecule has 3 rings (SSSR count).